The number of hydrogen-bond acceptors (Lipinski definition) is 5. The van der Waals surface area contributed by atoms with Crippen molar-refractivity contribution in [1.29, 1.82) is 0 Å². The highest BCUT2D eigenvalue weighted by molar-refractivity contribution is 6.06. The summed E-state index contributed by atoms with van der Waals surface area (Å²) < 4.78 is 26.3. The lowest BCUT2D eigenvalue weighted by Gasteiger charge is -2.06. The summed E-state index contributed by atoms with van der Waals surface area (Å²) >= 11 is 0. The van der Waals surface area contributed by atoms with Gasteiger partial charge in [0.1, 0.15) is 11.6 Å². The minimum atomic E-state index is -0.913. The molecule has 0 heterocycles. The molecule has 0 bridgehead atoms. The van der Waals surface area contributed by atoms with Gasteiger partial charge in [0.2, 0.25) is 5.91 Å². The van der Waals surface area contributed by atoms with Crippen LogP contribution in [0.25, 0.3) is 0 Å². The molecule has 2 N–H and O–H groups in total. The summed E-state index contributed by atoms with van der Waals surface area (Å²) in [6.45, 7) is 1.47. The number of halogens is 2. The zero-order valence-electron chi connectivity index (χ0n) is 14.0. The Kier molecular flexibility index (Phi) is 6.26. The van der Waals surface area contributed by atoms with Crippen LogP contribution in [0.1, 0.15) is 23.7 Å². The molecule has 0 unspecified atom stereocenters. The molecule has 0 radical (unpaired) electrons. The molecule has 2 rings (SSSR count). The Labute approximate surface area is 152 Å². The van der Waals surface area contributed by atoms with Crippen LogP contribution in [0.5, 0.6) is 0 Å². The van der Waals surface area contributed by atoms with Crippen LogP contribution in [0.2, 0.25) is 0 Å². The number of nitrogens with one attached hydrogen (secondary N) is 2. The van der Waals surface area contributed by atoms with E-state index in [0.717, 1.165) is 12.1 Å². The maximum absolute atomic E-state index is 13.5. The fourth-order valence-corrected chi connectivity index (χ4v) is 2.00. The number of nitro benzene ring substituents is 1. The first kappa shape index (κ1) is 19.6. The lowest BCUT2D eigenvalue weighted by molar-refractivity contribution is -0.384. The maximum atomic E-state index is 13.5. The second-order valence-electron chi connectivity index (χ2n) is 5.44. The van der Waals surface area contributed by atoms with E-state index >= 15 is 0 Å². The number of hydrogen-bond donors (Lipinski definition) is 2. The molecular formula is C17H14F2N4O4. The SMILES string of the molecule is C/C(CC(=O)Nc1ccc(F)cc1F)=N/NC(=O)c1ccc([N+](=O)[O-])cc1. The van der Waals surface area contributed by atoms with Crippen LogP contribution >= 0.6 is 0 Å². The van der Waals surface area contributed by atoms with E-state index in [2.05, 4.69) is 15.8 Å². The van der Waals surface area contributed by atoms with Gasteiger partial charge < -0.3 is 5.32 Å². The number of non-ortho nitro benzene ring substituents is 1. The molecule has 27 heavy (non-hydrogen) atoms. The average Bonchev–Trinajstić information content (AvgIpc) is 2.62. The number of benzene rings is 2. The van der Waals surface area contributed by atoms with Gasteiger partial charge in [-0.2, -0.15) is 5.10 Å². The van der Waals surface area contributed by atoms with Crippen LogP contribution in [-0.4, -0.2) is 22.4 Å². The predicted molar refractivity (Wildman–Crippen MR) is 93.3 cm³/mol. The first-order valence-corrected chi connectivity index (χ1v) is 7.59. The topological polar surface area (TPSA) is 114 Å². The van der Waals surface area contributed by atoms with Gasteiger partial charge in [0, 0.05) is 29.5 Å². The molecule has 0 spiro atoms. The highest BCUT2D eigenvalue weighted by Gasteiger charge is 2.11. The molecule has 10 heteroatoms. The lowest BCUT2D eigenvalue weighted by atomic mass is 10.2. The van der Waals surface area contributed by atoms with Gasteiger partial charge in [-0.05, 0) is 31.2 Å². The predicted octanol–water partition coefficient (Wildman–Crippen LogP) is 3.01. The minimum Gasteiger partial charge on any atom is -0.323 e. The molecule has 0 fully saturated rings. The Morgan fingerprint density at radius 1 is 1.15 bits per heavy atom. The van der Waals surface area contributed by atoms with E-state index in [1.54, 1.807) is 0 Å². The number of carbonyl (C=O) groups is 2. The number of carbonyl (C=O) groups excluding carboxylic acids is 2. The van der Waals surface area contributed by atoms with Crippen molar-refractivity contribution in [2.75, 3.05) is 5.32 Å². The number of nitrogens with zero attached hydrogens (tertiary/aromatic N) is 2. The number of rotatable bonds is 6. The van der Waals surface area contributed by atoms with Crippen molar-refractivity contribution >= 4 is 28.9 Å². The average molecular weight is 376 g/mol. The molecule has 2 aromatic carbocycles. The zero-order valence-corrected chi connectivity index (χ0v) is 14.0. The van der Waals surface area contributed by atoms with E-state index in [9.17, 15) is 28.5 Å². The van der Waals surface area contributed by atoms with Gasteiger partial charge in [0.15, 0.2) is 0 Å². The number of nitro groups is 1. The van der Waals surface area contributed by atoms with Crippen LogP contribution in [0.3, 0.4) is 0 Å². The summed E-state index contributed by atoms with van der Waals surface area (Å²) in [6, 6.07) is 7.62. The van der Waals surface area contributed by atoms with E-state index < -0.39 is 28.4 Å². The van der Waals surface area contributed by atoms with Crippen LogP contribution in [0, 0.1) is 21.7 Å². The highest BCUT2D eigenvalue weighted by atomic mass is 19.1. The molecule has 8 nitrogen and oxygen atoms in total. The van der Waals surface area contributed by atoms with Crippen molar-refractivity contribution in [1.82, 2.24) is 5.43 Å². The third-order valence-electron chi connectivity index (χ3n) is 3.31. The molecule has 140 valence electrons. The van der Waals surface area contributed by atoms with E-state index in [4.69, 9.17) is 0 Å². The van der Waals surface area contributed by atoms with Gasteiger partial charge in [0.05, 0.1) is 17.0 Å². The first-order valence-electron chi connectivity index (χ1n) is 7.59. The molecule has 0 aliphatic heterocycles. The molecule has 0 aliphatic carbocycles. The Morgan fingerprint density at radius 3 is 2.41 bits per heavy atom. The summed E-state index contributed by atoms with van der Waals surface area (Å²) in [4.78, 5) is 33.7. The van der Waals surface area contributed by atoms with Crippen LogP contribution in [-0.2, 0) is 4.79 Å². The number of amides is 2. The fourth-order valence-electron chi connectivity index (χ4n) is 2.00. The van der Waals surface area contributed by atoms with Crippen molar-refractivity contribution in [3.63, 3.8) is 0 Å². The molecule has 0 atom stereocenters. The van der Waals surface area contributed by atoms with Crippen molar-refractivity contribution < 1.29 is 23.3 Å². The van der Waals surface area contributed by atoms with Gasteiger partial charge in [0.25, 0.3) is 11.6 Å². The van der Waals surface area contributed by atoms with Gasteiger partial charge in [-0.1, -0.05) is 0 Å². The van der Waals surface area contributed by atoms with Gasteiger partial charge >= 0.3 is 0 Å². The van der Waals surface area contributed by atoms with Gasteiger partial charge in [-0.25, -0.2) is 14.2 Å². The van der Waals surface area contributed by atoms with Crippen molar-refractivity contribution in [2.24, 2.45) is 5.10 Å². The van der Waals surface area contributed by atoms with E-state index in [1.165, 1.54) is 31.2 Å². The molecule has 0 saturated heterocycles. The van der Waals surface area contributed by atoms with Crippen LogP contribution in [0.15, 0.2) is 47.6 Å². The maximum Gasteiger partial charge on any atom is 0.271 e. The molecule has 0 aromatic heterocycles. The van der Waals surface area contributed by atoms with Crippen LogP contribution < -0.4 is 10.7 Å². The monoisotopic (exact) mass is 376 g/mol. The third-order valence-corrected chi connectivity index (χ3v) is 3.31. The van der Waals surface area contributed by atoms with E-state index in [-0.39, 0.29) is 29.1 Å². The molecule has 2 amide bonds. The summed E-state index contributed by atoms with van der Waals surface area (Å²) in [7, 11) is 0. The van der Waals surface area contributed by atoms with Crippen molar-refractivity contribution in [3.05, 3.63) is 69.8 Å². The minimum absolute atomic E-state index is 0.148. The largest absolute Gasteiger partial charge is 0.323 e. The molecule has 2 aromatic rings. The Morgan fingerprint density at radius 2 is 1.81 bits per heavy atom. The van der Waals surface area contributed by atoms with E-state index in [0.29, 0.717) is 6.07 Å². The molecule has 0 saturated carbocycles. The number of anilines is 1. The smallest absolute Gasteiger partial charge is 0.271 e. The normalized spacial score (nSPS) is 11.0. The third kappa shape index (κ3) is 5.66. The Balaban J connectivity index is 1.91. The molecule has 0 aliphatic rings. The summed E-state index contributed by atoms with van der Waals surface area (Å²) in [5, 5.41) is 16.6. The van der Waals surface area contributed by atoms with Crippen molar-refractivity contribution in [3.8, 4) is 0 Å². The Hall–Kier alpha value is -3.69. The van der Waals surface area contributed by atoms with Crippen LogP contribution in [0.4, 0.5) is 20.2 Å². The summed E-state index contributed by atoms with van der Waals surface area (Å²) in [5.41, 5.74) is 2.25. The first-order chi connectivity index (χ1) is 12.8. The summed E-state index contributed by atoms with van der Waals surface area (Å²) in [6.07, 6.45) is -0.239. The quantitative estimate of drug-likeness (QED) is 0.458. The summed E-state index contributed by atoms with van der Waals surface area (Å²) in [5.74, 6) is -2.90. The fraction of sp³-hybridized carbons (Fsp3) is 0.118. The van der Waals surface area contributed by atoms with Gasteiger partial charge in [-0.3, -0.25) is 19.7 Å². The standard InChI is InChI=1S/C17H14F2N4O4/c1-10(8-16(24)20-15-7-4-12(18)9-14(15)19)21-22-17(25)11-2-5-13(6-3-11)23(26)27/h2-7,9H,8H2,1H3,(H,20,24)(H,22,25)/b21-10-. The van der Waals surface area contributed by atoms with Gasteiger partial charge in [-0.15, -0.1) is 0 Å². The number of hydrazone groups is 1. The van der Waals surface area contributed by atoms with Crippen molar-refractivity contribution in [2.45, 2.75) is 13.3 Å². The lowest BCUT2D eigenvalue weighted by Crippen LogP contribution is -2.21. The zero-order chi connectivity index (χ0) is 20.0. The second kappa shape index (κ2) is 8.61. The second-order valence-corrected chi connectivity index (χ2v) is 5.44. The Bertz CT molecular complexity index is 914. The molecular weight excluding hydrogens is 362 g/mol. The highest BCUT2D eigenvalue weighted by Crippen LogP contribution is 2.15. The van der Waals surface area contributed by atoms with E-state index in [1.807, 2.05) is 0 Å².